The van der Waals surface area contributed by atoms with Crippen molar-refractivity contribution in [1.29, 1.82) is 0 Å². The summed E-state index contributed by atoms with van der Waals surface area (Å²) in [7, 11) is 3.13. The monoisotopic (exact) mass is 252 g/mol. The maximum Gasteiger partial charge on any atom is 0.323 e. The molecule has 0 spiro atoms. The van der Waals surface area contributed by atoms with Gasteiger partial charge in [-0.3, -0.25) is 9.69 Å². The van der Waals surface area contributed by atoms with Crippen LogP contribution in [0.1, 0.15) is 6.42 Å². The molecule has 0 aliphatic heterocycles. The molecule has 0 heterocycles. The summed E-state index contributed by atoms with van der Waals surface area (Å²) in [5.74, 6) is -0.819. The zero-order chi connectivity index (χ0) is 13.7. The molecule has 98 valence electrons. The molecule has 0 saturated heterocycles. The van der Waals surface area contributed by atoms with Crippen LogP contribution < -0.4 is 4.90 Å². The fourth-order valence-electron chi connectivity index (χ4n) is 1.40. The van der Waals surface area contributed by atoms with Crippen molar-refractivity contribution in [3.63, 3.8) is 0 Å². The topological polar surface area (TPSA) is 81.1 Å². The van der Waals surface area contributed by atoms with Gasteiger partial charge in [-0.25, -0.2) is 4.79 Å². The summed E-state index contributed by atoms with van der Waals surface area (Å²) in [6.07, 6.45) is -0.0916. The van der Waals surface area contributed by atoms with E-state index in [1.165, 1.54) is 21.9 Å². The van der Waals surface area contributed by atoms with Gasteiger partial charge in [0, 0.05) is 26.3 Å². The van der Waals surface area contributed by atoms with E-state index in [-0.39, 0.29) is 24.7 Å². The number of carbonyl (C=O) groups is 2. The first-order valence-electron chi connectivity index (χ1n) is 5.41. The fourth-order valence-corrected chi connectivity index (χ4v) is 1.40. The second kappa shape index (κ2) is 5.90. The van der Waals surface area contributed by atoms with Crippen LogP contribution in [0.3, 0.4) is 0 Å². The zero-order valence-corrected chi connectivity index (χ0v) is 10.3. The standard InChI is InChI=1S/C12H16N2O4/c1-13(8-7-11(16)17)12(18)14(2)9-3-5-10(15)6-4-9/h3-6,15H,7-8H2,1-2H3,(H,16,17). The van der Waals surface area contributed by atoms with Gasteiger partial charge >= 0.3 is 12.0 Å². The quantitative estimate of drug-likeness (QED) is 0.847. The van der Waals surface area contributed by atoms with Crippen LogP contribution in [0.4, 0.5) is 10.5 Å². The Morgan fingerprint density at radius 1 is 1.17 bits per heavy atom. The van der Waals surface area contributed by atoms with Crippen LogP contribution in [0.25, 0.3) is 0 Å². The number of phenolic OH excluding ortho intramolecular Hbond substituents is 1. The number of urea groups is 1. The number of carboxylic acids is 1. The number of carbonyl (C=O) groups excluding carboxylic acids is 1. The fraction of sp³-hybridized carbons (Fsp3) is 0.333. The second-order valence-corrected chi connectivity index (χ2v) is 3.92. The summed E-state index contributed by atoms with van der Waals surface area (Å²) in [5.41, 5.74) is 0.625. The van der Waals surface area contributed by atoms with Gasteiger partial charge in [0.15, 0.2) is 0 Å². The van der Waals surface area contributed by atoms with E-state index in [0.717, 1.165) is 0 Å². The lowest BCUT2D eigenvalue weighted by Crippen LogP contribution is -2.39. The van der Waals surface area contributed by atoms with Gasteiger partial charge in [0.1, 0.15) is 5.75 Å². The van der Waals surface area contributed by atoms with Crippen molar-refractivity contribution in [3.8, 4) is 5.75 Å². The van der Waals surface area contributed by atoms with E-state index in [1.54, 1.807) is 26.2 Å². The maximum absolute atomic E-state index is 11.9. The van der Waals surface area contributed by atoms with Crippen LogP contribution in [0, 0.1) is 0 Å². The average molecular weight is 252 g/mol. The summed E-state index contributed by atoms with van der Waals surface area (Å²) < 4.78 is 0. The van der Waals surface area contributed by atoms with Crippen LogP contribution in [-0.2, 0) is 4.79 Å². The first-order chi connectivity index (χ1) is 8.41. The number of carboxylic acid groups (broad SMARTS) is 1. The summed E-state index contributed by atoms with van der Waals surface area (Å²) in [6, 6.07) is 5.88. The van der Waals surface area contributed by atoms with Crippen molar-refractivity contribution in [3.05, 3.63) is 24.3 Å². The molecule has 0 atom stereocenters. The molecule has 18 heavy (non-hydrogen) atoms. The summed E-state index contributed by atoms with van der Waals surface area (Å²) in [5, 5.41) is 17.7. The number of hydrogen-bond donors (Lipinski definition) is 2. The molecule has 1 rings (SSSR count). The minimum absolute atomic E-state index is 0.0916. The Bertz CT molecular complexity index is 430. The number of hydrogen-bond acceptors (Lipinski definition) is 3. The SMILES string of the molecule is CN(CCC(=O)O)C(=O)N(C)c1ccc(O)cc1. The van der Waals surface area contributed by atoms with E-state index >= 15 is 0 Å². The van der Waals surface area contributed by atoms with Crippen molar-refractivity contribution < 1.29 is 19.8 Å². The molecule has 0 fully saturated rings. The Kier molecular flexibility index (Phi) is 4.53. The predicted octanol–water partition coefficient (Wildman–Crippen LogP) is 1.35. The van der Waals surface area contributed by atoms with Gasteiger partial charge in [-0.2, -0.15) is 0 Å². The first-order valence-corrected chi connectivity index (χ1v) is 5.41. The molecule has 0 radical (unpaired) electrons. The van der Waals surface area contributed by atoms with Crippen molar-refractivity contribution in [2.75, 3.05) is 25.5 Å². The molecule has 0 aromatic heterocycles. The number of nitrogens with zero attached hydrogens (tertiary/aromatic N) is 2. The molecule has 0 aliphatic rings. The number of phenols is 1. The van der Waals surface area contributed by atoms with Crippen molar-refractivity contribution >= 4 is 17.7 Å². The lowest BCUT2D eigenvalue weighted by molar-refractivity contribution is -0.137. The zero-order valence-electron chi connectivity index (χ0n) is 10.3. The average Bonchev–Trinajstić information content (AvgIpc) is 2.35. The van der Waals surface area contributed by atoms with Gasteiger partial charge in [0.2, 0.25) is 0 Å². The van der Waals surface area contributed by atoms with E-state index in [2.05, 4.69) is 0 Å². The van der Waals surface area contributed by atoms with Crippen molar-refractivity contribution in [2.24, 2.45) is 0 Å². The molecule has 2 amide bonds. The molecule has 1 aromatic rings. The minimum atomic E-state index is -0.943. The van der Waals surface area contributed by atoms with Gasteiger partial charge in [0.25, 0.3) is 0 Å². The lowest BCUT2D eigenvalue weighted by Gasteiger charge is -2.24. The maximum atomic E-state index is 11.9. The normalized spacial score (nSPS) is 9.89. The number of amides is 2. The highest BCUT2D eigenvalue weighted by atomic mass is 16.4. The highest BCUT2D eigenvalue weighted by molar-refractivity contribution is 5.91. The Morgan fingerprint density at radius 2 is 1.72 bits per heavy atom. The Morgan fingerprint density at radius 3 is 2.22 bits per heavy atom. The van der Waals surface area contributed by atoms with Crippen LogP contribution in [0.5, 0.6) is 5.75 Å². The third-order valence-electron chi connectivity index (χ3n) is 2.51. The molecule has 2 N–H and O–H groups in total. The number of aliphatic carboxylic acids is 1. The van der Waals surface area contributed by atoms with E-state index in [9.17, 15) is 9.59 Å². The molecule has 1 aromatic carbocycles. The highest BCUT2D eigenvalue weighted by Crippen LogP contribution is 2.18. The molecule has 0 saturated carbocycles. The van der Waals surface area contributed by atoms with Crippen LogP contribution in [0.15, 0.2) is 24.3 Å². The van der Waals surface area contributed by atoms with E-state index in [0.29, 0.717) is 5.69 Å². The van der Waals surface area contributed by atoms with Gasteiger partial charge in [-0.05, 0) is 24.3 Å². The molecular weight excluding hydrogens is 236 g/mol. The third kappa shape index (κ3) is 3.65. The highest BCUT2D eigenvalue weighted by Gasteiger charge is 2.16. The van der Waals surface area contributed by atoms with Crippen LogP contribution in [-0.4, -0.2) is 47.8 Å². The Hall–Kier alpha value is -2.24. The second-order valence-electron chi connectivity index (χ2n) is 3.92. The molecular formula is C12H16N2O4. The molecule has 0 bridgehead atoms. The van der Waals surface area contributed by atoms with Gasteiger partial charge < -0.3 is 15.1 Å². The first kappa shape index (κ1) is 13.8. The van der Waals surface area contributed by atoms with Crippen molar-refractivity contribution in [1.82, 2.24) is 4.90 Å². The summed E-state index contributed by atoms with van der Waals surface area (Å²) in [4.78, 5) is 25.1. The van der Waals surface area contributed by atoms with Crippen LogP contribution in [0.2, 0.25) is 0 Å². The van der Waals surface area contributed by atoms with Gasteiger partial charge in [-0.1, -0.05) is 0 Å². The number of aromatic hydroxyl groups is 1. The van der Waals surface area contributed by atoms with Gasteiger partial charge in [0.05, 0.1) is 6.42 Å². The molecule has 0 unspecified atom stereocenters. The largest absolute Gasteiger partial charge is 0.508 e. The number of benzene rings is 1. The predicted molar refractivity (Wildman–Crippen MR) is 66.8 cm³/mol. The minimum Gasteiger partial charge on any atom is -0.508 e. The smallest absolute Gasteiger partial charge is 0.323 e. The molecule has 0 aliphatic carbocycles. The third-order valence-corrected chi connectivity index (χ3v) is 2.51. The van der Waals surface area contributed by atoms with Gasteiger partial charge in [-0.15, -0.1) is 0 Å². The summed E-state index contributed by atoms with van der Waals surface area (Å²) in [6.45, 7) is 0.149. The number of anilines is 1. The van der Waals surface area contributed by atoms with E-state index < -0.39 is 5.97 Å². The molecule has 6 nitrogen and oxygen atoms in total. The lowest BCUT2D eigenvalue weighted by atomic mass is 10.3. The van der Waals surface area contributed by atoms with Crippen molar-refractivity contribution in [2.45, 2.75) is 6.42 Å². The van der Waals surface area contributed by atoms with Crippen LogP contribution >= 0.6 is 0 Å². The Balaban J connectivity index is 2.65. The molecule has 6 heteroatoms. The number of rotatable bonds is 4. The Labute approximate surface area is 105 Å². The van der Waals surface area contributed by atoms with E-state index in [1.807, 2.05) is 0 Å². The summed E-state index contributed by atoms with van der Waals surface area (Å²) >= 11 is 0. The van der Waals surface area contributed by atoms with E-state index in [4.69, 9.17) is 10.2 Å².